The third-order valence-corrected chi connectivity index (χ3v) is 7.77. The van der Waals surface area contributed by atoms with Crippen molar-refractivity contribution in [2.24, 2.45) is 5.41 Å². The molecule has 2 unspecified atom stereocenters. The van der Waals surface area contributed by atoms with Crippen LogP contribution in [0.5, 0.6) is 0 Å². The zero-order valence-electron chi connectivity index (χ0n) is 18.7. The van der Waals surface area contributed by atoms with Crippen molar-refractivity contribution < 1.29 is 0 Å². The van der Waals surface area contributed by atoms with E-state index in [1.807, 2.05) is 0 Å². The first-order chi connectivity index (χ1) is 15.0. The average molecular weight is 401 g/mol. The van der Waals surface area contributed by atoms with Gasteiger partial charge in [-0.1, -0.05) is 110 Å². The Bertz CT molecular complexity index is 1320. The first-order valence-corrected chi connectivity index (χ1v) is 11.4. The lowest BCUT2D eigenvalue weighted by atomic mass is 9.62. The van der Waals surface area contributed by atoms with E-state index in [1.54, 1.807) is 0 Å². The van der Waals surface area contributed by atoms with Crippen LogP contribution in [0, 0.1) is 5.41 Å². The van der Waals surface area contributed by atoms with E-state index >= 15 is 0 Å². The summed E-state index contributed by atoms with van der Waals surface area (Å²) in [5.74, 6) is 0.829. The highest BCUT2D eigenvalue weighted by molar-refractivity contribution is 5.96. The van der Waals surface area contributed by atoms with Crippen LogP contribution in [0.4, 0.5) is 0 Å². The molecule has 0 radical (unpaired) electrons. The van der Waals surface area contributed by atoms with Gasteiger partial charge in [-0.25, -0.2) is 0 Å². The Morgan fingerprint density at radius 3 is 1.42 bits per heavy atom. The minimum Gasteiger partial charge on any atom is -0.0646 e. The van der Waals surface area contributed by atoms with Crippen molar-refractivity contribution in [3.05, 3.63) is 106 Å². The topological polar surface area (TPSA) is 0 Å². The van der Waals surface area contributed by atoms with Gasteiger partial charge in [0.1, 0.15) is 0 Å². The van der Waals surface area contributed by atoms with Crippen molar-refractivity contribution in [2.45, 2.75) is 39.5 Å². The van der Waals surface area contributed by atoms with Crippen LogP contribution in [0.1, 0.15) is 61.8 Å². The number of hydrogen-bond donors (Lipinski definition) is 0. The smallest absolute Gasteiger partial charge is 0.0115 e. The first-order valence-electron chi connectivity index (χ1n) is 11.4. The molecule has 0 spiro atoms. The molecule has 6 rings (SSSR count). The monoisotopic (exact) mass is 400 g/mol. The second kappa shape index (κ2) is 6.44. The molecule has 4 aromatic carbocycles. The normalized spacial score (nSPS) is 20.0. The molecule has 2 aliphatic rings. The van der Waals surface area contributed by atoms with E-state index in [0.717, 1.165) is 0 Å². The highest BCUT2D eigenvalue weighted by Gasteiger charge is 2.45. The summed E-state index contributed by atoms with van der Waals surface area (Å²) >= 11 is 0. The molecule has 0 aliphatic heterocycles. The molecule has 0 heterocycles. The van der Waals surface area contributed by atoms with Crippen LogP contribution < -0.4 is 0 Å². The van der Waals surface area contributed by atoms with Crippen LogP contribution in [-0.2, 0) is 0 Å². The van der Waals surface area contributed by atoms with Crippen molar-refractivity contribution >= 4 is 33.7 Å². The lowest BCUT2D eigenvalue weighted by Gasteiger charge is -2.41. The maximum atomic E-state index is 2.48. The van der Waals surface area contributed by atoms with Gasteiger partial charge >= 0.3 is 0 Å². The van der Waals surface area contributed by atoms with Crippen LogP contribution >= 0.6 is 0 Å². The fraction of sp³-hybridized carbons (Fsp3) is 0.226. The van der Waals surface area contributed by atoms with Gasteiger partial charge in [0, 0.05) is 11.8 Å². The number of hydrogen-bond acceptors (Lipinski definition) is 0. The summed E-state index contributed by atoms with van der Waals surface area (Å²) in [6.45, 7) is 9.62. The van der Waals surface area contributed by atoms with Gasteiger partial charge in [0.05, 0.1) is 0 Å². The predicted molar refractivity (Wildman–Crippen MR) is 134 cm³/mol. The standard InChI is InChI=1S/C31H28/c1-19-17-27-23-11-7-5-9-21(23)13-15-25(27)29(19)31(3,4)30-20(2)18-28-24-12-8-6-10-22(24)14-16-26(28)30/h5-18,29-30H,1-4H3. The number of benzene rings is 4. The van der Waals surface area contributed by atoms with E-state index in [2.05, 4.69) is 113 Å². The second-order valence-electron chi connectivity index (χ2n) is 10.0. The van der Waals surface area contributed by atoms with Crippen LogP contribution in [0.3, 0.4) is 0 Å². The Kier molecular flexibility index (Phi) is 3.87. The SMILES string of the molecule is CC1=Cc2c(ccc3ccccc23)C1C(C)(C)C1C(C)=Cc2c1ccc1ccccc21. The third kappa shape index (κ3) is 2.54. The fourth-order valence-corrected chi connectivity index (χ4v) is 6.70. The molecular weight excluding hydrogens is 372 g/mol. The van der Waals surface area contributed by atoms with Gasteiger partial charge in [0.15, 0.2) is 0 Å². The predicted octanol–water partition coefficient (Wildman–Crippen LogP) is 8.72. The van der Waals surface area contributed by atoms with Crippen LogP contribution in [0.2, 0.25) is 0 Å². The van der Waals surface area contributed by atoms with Crippen LogP contribution in [0.25, 0.3) is 33.7 Å². The Morgan fingerprint density at radius 1 is 0.548 bits per heavy atom. The fourth-order valence-electron chi connectivity index (χ4n) is 6.70. The first kappa shape index (κ1) is 18.6. The Morgan fingerprint density at radius 2 is 0.968 bits per heavy atom. The summed E-state index contributed by atoms with van der Waals surface area (Å²) in [5.41, 5.74) is 8.87. The molecule has 0 amide bonds. The van der Waals surface area contributed by atoms with Crippen molar-refractivity contribution in [1.82, 2.24) is 0 Å². The summed E-state index contributed by atoms with van der Waals surface area (Å²) in [6, 6.07) is 27.0. The van der Waals surface area contributed by atoms with Gasteiger partial charge in [-0.3, -0.25) is 0 Å². The summed E-state index contributed by atoms with van der Waals surface area (Å²) in [5, 5.41) is 5.42. The molecular formula is C31H28. The largest absolute Gasteiger partial charge is 0.0646 e. The molecule has 152 valence electrons. The van der Waals surface area contributed by atoms with Crippen molar-refractivity contribution in [3.8, 4) is 0 Å². The minimum absolute atomic E-state index is 0.0720. The Labute approximate surface area is 184 Å². The van der Waals surface area contributed by atoms with Gasteiger partial charge in [-0.2, -0.15) is 0 Å². The summed E-state index contributed by atoms with van der Waals surface area (Å²) in [6.07, 6.45) is 4.89. The van der Waals surface area contributed by atoms with Gasteiger partial charge in [0.25, 0.3) is 0 Å². The summed E-state index contributed by atoms with van der Waals surface area (Å²) in [7, 11) is 0. The maximum Gasteiger partial charge on any atom is 0.0115 e. The second-order valence-corrected chi connectivity index (χ2v) is 10.0. The molecule has 2 aliphatic carbocycles. The minimum atomic E-state index is 0.0720. The molecule has 0 bridgehead atoms. The molecule has 0 saturated carbocycles. The van der Waals surface area contributed by atoms with E-state index in [0.29, 0.717) is 11.8 Å². The van der Waals surface area contributed by atoms with E-state index in [9.17, 15) is 0 Å². The quantitative estimate of drug-likeness (QED) is 0.315. The van der Waals surface area contributed by atoms with Gasteiger partial charge < -0.3 is 0 Å². The molecule has 0 heteroatoms. The highest BCUT2D eigenvalue weighted by atomic mass is 14.5. The van der Waals surface area contributed by atoms with E-state index in [1.165, 1.54) is 54.9 Å². The lowest BCUT2D eigenvalue weighted by molar-refractivity contribution is 0.275. The van der Waals surface area contributed by atoms with Gasteiger partial charge in [0.2, 0.25) is 0 Å². The van der Waals surface area contributed by atoms with E-state index in [4.69, 9.17) is 0 Å². The zero-order chi connectivity index (χ0) is 21.3. The number of allylic oxidation sites excluding steroid dienone is 2. The molecule has 4 aromatic rings. The van der Waals surface area contributed by atoms with E-state index < -0.39 is 0 Å². The Balaban J connectivity index is 1.52. The molecule has 0 fully saturated rings. The molecule has 0 saturated heterocycles. The van der Waals surface area contributed by atoms with Crippen molar-refractivity contribution in [2.75, 3.05) is 0 Å². The lowest BCUT2D eigenvalue weighted by Crippen LogP contribution is -2.29. The van der Waals surface area contributed by atoms with Crippen molar-refractivity contribution in [3.63, 3.8) is 0 Å². The van der Waals surface area contributed by atoms with E-state index in [-0.39, 0.29) is 5.41 Å². The average Bonchev–Trinajstić information content (AvgIpc) is 3.30. The molecule has 31 heavy (non-hydrogen) atoms. The van der Waals surface area contributed by atoms with Gasteiger partial charge in [-0.05, 0) is 63.1 Å². The summed E-state index contributed by atoms with van der Waals surface area (Å²) < 4.78 is 0. The molecule has 2 atom stereocenters. The Hall–Kier alpha value is -3.12. The molecule has 0 nitrogen and oxygen atoms in total. The molecule has 0 N–H and O–H groups in total. The third-order valence-electron chi connectivity index (χ3n) is 7.77. The van der Waals surface area contributed by atoms with Gasteiger partial charge in [-0.15, -0.1) is 0 Å². The van der Waals surface area contributed by atoms with Crippen molar-refractivity contribution in [1.29, 1.82) is 0 Å². The maximum absolute atomic E-state index is 2.48. The zero-order valence-corrected chi connectivity index (χ0v) is 18.7. The van der Waals surface area contributed by atoms with Crippen LogP contribution in [-0.4, -0.2) is 0 Å². The number of fused-ring (bicyclic) bond motifs is 6. The number of rotatable bonds is 2. The molecule has 0 aromatic heterocycles. The highest BCUT2D eigenvalue weighted by Crippen LogP contribution is 2.59. The summed E-state index contributed by atoms with van der Waals surface area (Å²) in [4.78, 5) is 0. The van der Waals surface area contributed by atoms with Crippen LogP contribution in [0.15, 0.2) is 83.9 Å².